The van der Waals surface area contributed by atoms with Crippen LogP contribution < -0.4 is 21.5 Å². The van der Waals surface area contributed by atoms with Crippen molar-refractivity contribution < 1.29 is 4.79 Å². The van der Waals surface area contributed by atoms with Crippen molar-refractivity contribution in [3.63, 3.8) is 0 Å². The van der Waals surface area contributed by atoms with E-state index in [9.17, 15) is 4.79 Å². The predicted octanol–water partition coefficient (Wildman–Crippen LogP) is -0.580. The molecule has 0 saturated carbocycles. The number of carbonyl (C=O) groups is 1. The van der Waals surface area contributed by atoms with E-state index >= 15 is 0 Å². The molecule has 0 radical (unpaired) electrons. The Morgan fingerprint density at radius 1 is 1.59 bits per heavy atom. The van der Waals surface area contributed by atoms with Gasteiger partial charge in [0, 0.05) is 19.2 Å². The van der Waals surface area contributed by atoms with Gasteiger partial charge in [0.1, 0.15) is 11.6 Å². The van der Waals surface area contributed by atoms with Crippen LogP contribution in [0.4, 0.5) is 11.6 Å². The van der Waals surface area contributed by atoms with Crippen molar-refractivity contribution in [2.24, 2.45) is 5.84 Å². The summed E-state index contributed by atoms with van der Waals surface area (Å²) in [6.45, 7) is 1.68. The molecule has 0 atom stereocenters. The third kappa shape index (κ3) is 2.77. The highest BCUT2D eigenvalue weighted by atomic mass is 32.2. The van der Waals surface area contributed by atoms with Crippen molar-refractivity contribution in [3.05, 3.63) is 6.07 Å². The largest absolute Gasteiger partial charge is 0.353 e. The molecule has 1 amide bonds. The quantitative estimate of drug-likeness (QED) is 0.287. The van der Waals surface area contributed by atoms with Crippen LogP contribution in [0, 0.1) is 0 Å². The summed E-state index contributed by atoms with van der Waals surface area (Å²) >= 11 is 1.43. The number of carbonyl (C=O) groups excluding carboxylic acids is 1. The van der Waals surface area contributed by atoms with Crippen molar-refractivity contribution in [3.8, 4) is 0 Å². The number of nitrogen functional groups attached to an aromatic ring is 1. The molecule has 1 aromatic heterocycles. The number of thioether (sulfide) groups is 1. The lowest BCUT2D eigenvalue weighted by Gasteiger charge is -2.27. The number of aromatic nitrogens is 2. The summed E-state index contributed by atoms with van der Waals surface area (Å²) in [5.41, 5.74) is 2.50. The average Bonchev–Trinajstić information content (AvgIpc) is 2.38. The first-order chi connectivity index (χ1) is 8.22. The molecule has 92 valence electrons. The van der Waals surface area contributed by atoms with Gasteiger partial charge in [0.15, 0.2) is 5.16 Å². The van der Waals surface area contributed by atoms with Gasteiger partial charge in [-0.1, -0.05) is 11.8 Å². The molecule has 1 saturated heterocycles. The van der Waals surface area contributed by atoms with Crippen molar-refractivity contribution in [1.29, 1.82) is 0 Å². The molecule has 0 bridgehead atoms. The van der Waals surface area contributed by atoms with Crippen molar-refractivity contribution in [2.45, 2.75) is 5.16 Å². The lowest BCUT2D eigenvalue weighted by molar-refractivity contribution is -0.120. The lowest BCUT2D eigenvalue weighted by atomic mass is 10.3. The summed E-state index contributed by atoms with van der Waals surface area (Å²) in [7, 11) is 0. The van der Waals surface area contributed by atoms with E-state index in [2.05, 4.69) is 20.7 Å². The molecule has 0 aromatic carbocycles. The van der Waals surface area contributed by atoms with Gasteiger partial charge in [-0.25, -0.2) is 15.8 Å². The van der Waals surface area contributed by atoms with Crippen LogP contribution in [0.5, 0.6) is 0 Å². The highest BCUT2D eigenvalue weighted by Crippen LogP contribution is 2.20. The molecule has 1 aliphatic heterocycles. The van der Waals surface area contributed by atoms with Gasteiger partial charge in [-0.05, 0) is 6.26 Å². The van der Waals surface area contributed by atoms with E-state index in [0.29, 0.717) is 29.9 Å². The summed E-state index contributed by atoms with van der Waals surface area (Å²) in [6, 6.07) is 1.73. The Bertz CT molecular complexity index is 404. The van der Waals surface area contributed by atoms with Crippen LogP contribution in [-0.4, -0.2) is 41.8 Å². The van der Waals surface area contributed by atoms with Crippen LogP contribution in [0.2, 0.25) is 0 Å². The Morgan fingerprint density at radius 2 is 2.41 bits per heavy atom. The first kappa shape index (κ1) is 11.9. The topological polar surface area (TPSA) is 96.2 Å². The van der Waals surface area contributed by atoms with Gasteiger partial charge < -0.3 is 15.6 Å². The number of nitrogens with zero attached hydrogens (tertiary/aromatic N) is 3. The minimum atomic E-state index is 0.00261. The van der Waals surface area contributed by atoms with Crippen molar-refractivity contribution >= 4 is 29.3 Å². The van der Waals surface area contributed by atoms with Gasteiger partial charge in [-0.15, -0.1) is 0 Å². The maximum atomic E-state index is 11.3. The Morgan fingerprint density at radius 3 is 3.06 bits per heavy atom. The van der Waals surface area contributed by atoms with E-state index < -0.39 is 0 Å². The summed E-state index contributed by atoms with van der Waals surface area (Å²) in [5.74, 6) is 6.62. The first-order valence-electron chi connectivity index (χ1n) is 5.14. The monoisotopic (exact) mass is 254 g/mol. The molecule has 2 heterocycles. The second-order valence-corrected chi connectivity index (χ2v) is 4.29. The summed E-state index contributed by atoms with van der Waals surface area (Å²) in [4.78, 5) is 21.8. The van der Waals surface area contributed by atoms with Crippen LogP contribution in [0.15, 0.2) is 11.2 Å². The van der Waals surface area contributed by atoms with Crippen molar-refractivity contribution in [2.75, 3.05) is 36.2 Å². The molecule has 1 aliphatic rings. The van der Waals surface area contributed by atoms with E-state index in [1.807, 2.05) is 11.2 Å². The minimum absolute atomic E-state index is 0.00261. The highest BCUT2D eigenvalue weighted by molar-refractivity contribution is 7.98. The van der Waals surface area contributed by atoms with Crippen LogP contribution in [-0.2, 0) is 4.79 Å². The third-order valence-corrected chi connectivity index (χ3v) is 2.93. The molecule has 0 aliphatic carbocycles. The minimum Gasteiger partial charge on any atom is -0.353 e. The molecular weight excluding hydrogens is 240 g/mol. The Hall–Kier alpha value is -1.54. The van der Waals surface area contributed by atoms with E-state index in [1.165, 1.54) is 11.8 Å². The second kappa shape index (κ2) is 5.19. The molecule has 0 unspecified atom stereocenters. The van der Waals surface area contributed by atoms with Crippen LogP contribution in [0.25, 0.3) is 0 Å². The first-order valence-corrected chi connectivity index (χ1v) is 6.36. The van der Waals surface area contributed by atoms with Gasteiger partial charge in [-0.2, -0.15) is 0 Å². The smallest absolute Gasteiger partial charge is 0.239 e. The Labute approximate surface area is 103 Å². The number of nitrogens with two attached hydrogens (primary N) is 1. The number of hydrazine groups is 1. The molecule has 0 spiro atoms. The zero-order valence-electron chi connectivity index (χ0n) is 9.43. The summed E-state index contributed by atoms with van der Waals surface area (Å²) < 4.78 is 0. The van der Waals surface area contributed by atoms with Gasteiger partial charge in [0.25, 0.3) is 0 Å². The highest BCUT2D eigenvalue weighted by Gasteiger charge is 2.18. The van der Waals surface area contributed by atoms with E-state index in [-0.39, 0.29) is 5.91 Å². The normalized spacial score (nSPS) is 15.6. The molecule has 1 aromatic rings. The fraction of sp³-hybridized carbons (Fsp3) is 0.444. The number of hydrogen-bond acceptors (Lipinski definition) is 7. The predicted molar refractivity (Wildman–Crippen MR) is 66.8 cm³/mol. The van der Waals surface area contributed by atoms with Gasteiger partial charge in [0.2, 0.25) is 5.91 Å². The average molecular weight is 254 g/mol. The zero-order chi connectivity index (χ0) is 12.3. The fourth-order valence-corrected chi connectivity index (χ4v) is 1.95. The van der Waals surface area contributed by atoms with E-state index in [1.54, 1.807) is 6.07 Å². The van der Waals surface area contributed by atoms with Gasteiger partial charge >= 0.3 is 0 Å². The summed E-state index contributed by atoms with van der Waals surface area (Å²) in [5, 5.41) is 3.40. The SMILES string of the molecule is CSc1nc(NN)cc(N2CCNC(=O)C2)n1. The number of anilines is 2. The second-order valence-electron chi connectivity index (χ2n) is 3.51. The molecule has 4 N–H and O–H groups in total. The molecule has 1 fully saturated rings. The van der Waals surface area contributed by atoms with Gasteiger partial charge in [0.05, 0.1) is 6.54 Å². The fourth-order valence-electron chi connectivity index (χ4n) is 1.57. The van der Waals surface area contributed by atoms with Crippen LogP contribution in [0.3, 0.4) is 0 Å². The molecular formula is C9H14N6OS. The standard InChI is InChI=1S/C9H14N6OS/c1-17-9-12-6(14-10)4-7(13-9)15-3-2-11-8(16)5-15/h4H,2-3,5,10H2,1H3,(H,11,16)(H,12,13,14). The molecule has 7 nitrogen and oxygen atoms in total. The number of nitrogens with one attached hydrogen (secondary N) is 2. The van der Waals surface area contributed by atoms with Crippen molar-refractivity contribution in [1.82, 2.24) is 15.3 Å². The lowest BCUT2D eigenvalue weighted by Crippen LogP contribution is -2.48. The number of hydrogen-bond donors (Lipinski definition) is 3. The number of piperazine rings is 1. The van der Waals surface area contributed by atoms with E-state index in [4.69, 9.17) is 5.84 Å². The Balaban J connectivity index is 2.26. The third-order valence-electron chi connectivity index (χ3n) is 2.38. The molecule has 8 heteroatoms. The molecule has 17 heavy (non-hydrogen) atoms. The van der Waals surface area contributed by atoms with Crippen LogP contribution >= 0.6 is 11.8 Å². The maximum absolute atomic E-state index is 11.3. The zero-order valence-corrected chi connectivity index (χ0v) is 10.3. The van der Waals surface area contributed by atoms with Crippen LogP contribution in [0.1, 0.15) is 0 Å². The number of rotatable bonds is 3. The van der Waals surface area contributed by atoms with Gasteiger partial charge in [-0.3, -0.25) is 4.79 Å². The van der Waals surface area contributed by atoms with E-state index in [0.717, 1.165) is 6.54 Å². The Kier molecular flexibility index (Phi) is 3.64. The summed E-state index contributed by atoms with van der Waals surface area (Å²) in [6.07, 6.45) is 1.89. The maximum Gasteiger partial charge on any atom is 0.239 e. The molecule has 2 rings (SSSR count). The number of amides is 1.